The molecule has 0 saturated carbocycles. The van der Waals surface area contributed by atoms with Gasteiger partial charge in [0.2, 0.25) is 0 Å². The Morgan fingerprint density at radius 3 is 2.39 bits per heavy atom. The molecule has 0 radical (unpaired) electrons. The van der Waals surface area contributed by atoms with Crippen molar-refractivity contribution >= 4 is 29.1 Å². The molecule has 1 atom stereocenters. The first-order chi connectivity index (χ1) is 11.0. The number of hydrogen-bond donors (Lipinski definition) is 0. The van der Waals surface area contributed by atoms with Gasteiger partial charge in [0.1, 0.15) is 5.75 Å². The van der Waals surface area contributed by atoms with Gasteiger partial charge in [0.15, 0.2) is 6.10 Å². The van der Waals surface area contributed by atoms with Crippen molar-refractivity contribution in [2.75, 3.05) is 7.05 Å². The lowest BCUT2D eigenvalue weighted by Crippen LogP contribution is -2.39. The maximum Gasteiger partial charge on any atom is 0.263 e. The molecule has 23 heavy (non-hydrogen) atoms. The monoisotopic (exact) mass is 351 g/mol. The number of benzene rings is 2. The third-order valence-corrected chi connectivity index (χ3v) is 4.03. The van der Waals surface area contributed by atoms with Crippen molar-refractivity contribution in [1.82, 2.24) is 4.90 Å². The van der Waals surface area contributed by atoms with E-state index in [1.807, 2.05) is 43.3 Å². The van der Waals surface area contributed by atoms with E-state index in [4.69, 9.17) is 27.9 Å². The van der Waals surface area contributed by atoms with Crippen molar-refractivity contribution in [2.45, 2.75) is 26.0 Å². The van der Waals surface area contributed by atoms with Gasteiger partial charge in [-0.15, -0.1) is 0 Å². The van der Waals surface area contributed by atoms with Crippen LogP contribution in [0, 0.1) is 0 Å². The summed E-state index contributed by atoms with van der Waals surface area (Å²) in [7, 11) is 1.76. The molecule has 2 rings (SSSR count). The van der Waals surface area contributed by atoms with Crippen molar-refractivity contribution in [3.63, 3.8) is 0 Å². The van der Waals surface area contributed by atoms with Gasteiger partial charge in [0.25, 0.3) is 5.91 Å². The maximum atomic E-state index is 12.6. The lowest BCUT2D eigenvalue weighted by atomic mass is 10.2. The van der Waals surface area contributed by atoms with Crippen LogP contribution in [-0.4, -0.2) is 24.0 Å². The molecule has 0 aromatic heterocycles. The molecule has 1 amide bonds. The molecule has 0 aliphatic heterocycles. The van der Waals surface area contributed by atoms with E-state index in [9.17, 15) is 4.79 Å². The van der Waals surface area contributed by atoms with Gasteiger partial charge in [-0.2, -0.15) is 0 Å². The van der Waals surface area contributed by atoms with E-state index < -0.39 is 6.10 Å². The first-order valence-electron chi connectivity index (χ1n) is 7.42. The molecule has 0 N–H and O–H groups in total. The van der Waals surface area contributed by atoms with Crippen molar-refractivity contribution in [3.05, 3.63) is 64.1 Å². The van der Waals surface area contributed by atoms with Crippen LogP contribution in [-0.2, 0) is 11.3 Å². The molecule has 2 aromatic rings. The number of rotatable bonds is 6. The number of hydrogen-bond acceptors (Lipinski definition) is 2. The van der Waals surface area contributed by atoms with Crippen LogP contribution in [0.25, 0.3) is 0 Å². The van der Waals surface area contributed by atoms with Crippen LogP contribution in [0.2, 0.25) is 10.0 Å². The standard InChI is InChI=1S/C18H19Cl2NO2/c1-3-16(23-17-7-5-4-6-15(17)20)18(22)21(2)12-13-8-10-14(19)11-9-13/h4-11,16H,3,12H2,1-2H3/t16-/m1/s1. The number of carbonyl (C=O) groups is 1. The molecular formula is C18H19Cl2NO2. The van der Waals surface area contributed by atoms with Crippen LogP contribution >= 0.6 is 23.2 Å². The summed E-state index contributed by atoms with van der Waals surface area (Å²) in [6.07, 6.45) is 0.00172. The summed E-state index contributed by atoms with van der Waals surface area (Å²) < 4.78 is 5.79. The number of para-hydroxylation sites is 1. The molecule has 5 heteroatoms. The highest BCUT2D eigenvalue weighted by atomic mass is 35.5. The molecule has 0 bridgehead atoms. The Hall–Kier alpha value is -1.71. The average molecular weight is 352 g/mol. The summed E-state index contributed by atoms with van der Waals surface area (Å²) in [5.74, 6) is 0.441. The van der Waals surface area contributed by atoms with Gasteiger partial charge < -0.3 is 9.64 Å². The van der Waals surface area contributed by atoms with E-state index in [-0.39, 0.29) is 5.91 Å². The van der Waals surface area contributed by atoms with Crippen molar-refractivity contribution in [2.24, 2.45) is 0 Å². The van der Waals surface area contributed by atoms with Crippen LogP contribution < -0.4 is 4.74 Å². The molecule has 0 fully saturated rings. The Morgan fingerprint density at radius 1 is 1.13 bits per heavy atom. The van der Waals surface area contributed by atoms with Crippen molar-refractivity contribution < 1.29 is 9.53 Å². The van der Waals surface area contributed by atoms with E-state index >= 15 is 0 Å². The number of ether oxygens (including phenoxy) is 1. The third kappa shape index (κ3) is 4.88. The summed E-state index contributed by atoms with van der Waals surface area (Å²) in [5, 5.41) is 1.18. The predicted molar refractivity (Wildman–Crippen MR) is 94.1 cm³/mol. The molecule has 0 aliphatic rings. The fraction of sp³-hybridized carbons (Fsp3) is 0.278. The number of carbonyl (C=O) groups excluding carboxylic acids is 1. The summed E-state index contributed by atoms with van der Waals surface area (Å²) in [5.41, 5.74) is 1.01. The van der Waals surface area contributed by atoms with Crippen LogP contribution in [0.1, 0.15) is 18.9 Å². The lowest BCUT2D eigenvalue weighted by molar-refractivity contribution is -0.138. The van der Waals surface area contributed by atoms with Crippen LogP contribution in [0.15, 0.2) is 48.5 Å². The summed E-state index contributed by atoms with van der Waals surface area (Å²) in [6, 6.07) is 14.6. The van der Waals surface area contributed by atoms with Gasteiger partial charge in [-0.1, -0.05) is 54.4 Å². The second-order valence-electron chi connectivity index (χ2n) is 5.27. The van der Waals surface area contributed by atoms with Crippen molar-refractivity contribution in [1.29, 1.82) is 0 Å². The lowest BCUT2D eigenvalue weighted by Gasteiger charge is -2.24. The van der Waals surface area contributed by atoms with Crippen LogP contribution in [0.5, 0.6) is 5.75 Å². The van der Waals surface area contributed by atoms with Gasteiger partial charge in [-0.25, -0.2) is 0 Å². The van der Waals surface area contributed by atoms with Crippen LogP contribution in [0.3, 0.4) is 0 Å². The van der Waals surface area contributed by atoms with Gasteiger partial charge in [0.05, 0.1) is 5.02 Å². The SMILES string of the molecule is CC[C@@H](Oc1ccccc1Cl)C(=O)N(C)Cc1ccc(Cl)cc1. The molecular weight excluding hydrogens is 333 g/mol. The molecule has 122 valence electrons. The fourth-order valence-electron chi connectivity index (χ4n) is 2.19. The topological polar surface area (TPSA) is 29.5 Å². The average Bonchev–Trinajstić information content (AvgIpc) is 2.55. The smallest absolute Gasteiger partial charge is 0.263 e. The first kappa shape index (κ1) is 17.6. The van der Waals surface area contributed by atoms with E-state index in [1.165, 1.54) is 0 Å². The Balaban J connectivity index is 2.03. The maximum absolute atomic E-state index is 12.6. The van der Waals surface area contributed by atoms with Gasteiger partial charge >= 0.3 is 0 Å². The van der Waals surface area contributed by atoms with E-state index in [2.05, 4.69) is 0 Å². The largest absolute Gasteiger partial charge is 0.479 e. The second kappa shape index (κ2) is 8.23. The zero-order valence-electron chi connectivity index (χ0n) is 13.1. The fourth-order valence-corrected chi connectivity index (χ4v) is 2.50. The minimum Gasteiger partial charge on any atom is -0.479 e. The first-order valence-corrected chi connectivity index (χ1v) is 8.17. The number of halogens is 2. The third-order valence-electron chi connectivity index (χ3n) is 3.46. The highest BCUT2D eigenvalue weighted by Gasteiger charge is 2.23. The van der Waals surface area contributed by atoms with E-state index in [1.54, 1.807) is 24.1 Å². The normalized spacial score (nSPS) is 11.8. The van der Waals surface area contributed by atoms with E-state index in [0.717, 1.165) is 5.56 Å². The van der Waals surface area contributed by atoms with Crippen LogP contribution in [0.4, 0.5) is 0 Å². The molecule has 2 aromatic carbocycles. The summed E-state index contributed by atoms with van der Waals surface area (Å²) in [6.45, 7) is 2.41. The number of likely N-dealkylation sites (N-methyl/N-ethyl adjacent to an activating group) is 1. The highest BCUT2D eigenvalue weighted by Crippen LogP contribution is 2.25. The van der Waals surface area contributed by atoms with Gasteiger partial charge in [-0.3, -0.25) is 4.79 Å². The Morgan fingerprint density at radius 2 is 1.78 bits per heavy atom. The quantitative estimate of drug-likeness (QED) is 0.747. The molecule has 0 spiro atoms. The number of amides is 1. The Bertz CT molecular complexity index is 658. The minimum atomic E-state index is -0.563. The molecule has 0 saturated heterocycles. The van der Waals surface area contributed by atoms with Gasteiger partial charge in [0, 0.05) is 18.6 Å². The second-order valence-corrected chi connectivity index (χ2v) is 6.11. The Kier molecular flexibility index (Phi) is 6.31. The summed E-state index contributed by atoms with van der Waals surface area (Å²) in [4.78, 5) is 14.2. The highest BCUT2D eigenvalue weighted by molar-refractivity contribution is 6.32. The molecule has 0 aliphatic carbocycles. The molecule has 0 heterocycles. The summed E-state index contributed by atoms with van der Waals surface area (Å²) >= 11 is 12.0. The predicted octanol–water partition coefficient (Wildman–Crippen LogP) is 4.81. The zero-order valence-corrected chi connectivity index (χ0v) is 14.6. The minimum absolute atomic E-state index is 0.0811. The molecule has 3 nitrogen and oxygen atoms in total. The van der Waals surface area contributed by atoms with Gasteiger partial charge in [-0.05, 0) is 36.2 Å². The van der Waals surface area contributed by atoms with Crippen molar-refractivity contribution in [3.8, 4) is 5.75 Å². The number of nitrogens with zero attached hydrogens (tertiary/aromatic N) is 1. The zero-order chi connectivity index (χ0) is 16.8. The van der Waals surface area contributed by atoms with E-state index in [0.29, 0.717) is 28.8 Å². The molecule has 0 unspecified atom stereocenters. The Labute approximate surface area is 146 Å².